The third-order valence-electron chi connectivity index (χ3n) is 1.67. The topological polar surface area (TPSA) is 38.4 Å². The normalized spacial score (nSPS) is 13.0. The zero-order valence-corrected chi connectivity index (χ0v) is 9.77. The van der Waals surface area contributed by atoms with Crippen molar-refractivity contribution in [1.82, 2.24) is 0 Å². The van der Waals surface area contributed by atoms with Gasteiger partial charge in [0.25, 0.3) is 0 Å². The van der Waals surface area contributed by atoms with Crippen molar-refractivity contribution in [3.05, 3.63) is 34.6 Å². The summed E-state index contributed by atoms with van der Waals surface area (Å²) in [5.74, 6) is -0.0895. The van der Waals surface area contributed by atoms with Crippen molar-refractivity contribution in [1.29, 1.82) is 0 Å². The third-order valence-corrected chi connectivity index (χ3v) is 1.96. The Morgan fingerprint density at radius 1 is 1.40 bits per heavy atom. The maximum atomic E-state index is 12.9. The third kappa shape index (κ3) is 3.51. The lowest BCUT2D eigenvalue weighted by atomic mass is 10.1. The van der Waals surface area contributed by atoms with Crippen LogP contribution in [0.1, 0.15) is 26.3 Å². The van der Waals surface area contributed by atoms with E-state index in [1.807, 2.05) is 20.8 Å². The number of aliphatic imine (C=N–C) groups is 1. The lowest BCUT2D eigenvalue weighted by Crippen LogP contribution is -2.21. The van der Waals surface area contributed by atoms with Gasteiger partial charge in [-0.2, -0.15) is 0 Å². The second kappa shape index (κ2) is 4.19. The first-order chi connectivity index (χ1) is 6.79. The van der Waals surface area contributed by atoms with Gasteiger partial charge in [0.1, 0.15) is 11.7 Å². The summed E-state index contributed by atoms with van der Waals surface area (Å²) in [6.07, 6.45) is 0. The minimum atomic E-state index is -0.455. The molecule has 1 rings (SSSR count). The molecule has 2 nitrogen and oxygen atoms in total. The Balaban J connectivity index is 3.07. The Bertz CT molecular complexity index is 394. The monoisotopic (exact) mass is 228 g/mol. The van der Waals surface area contributed by atoms with Gasteiger partial charge in [-0.15, -0.1) is 0 Å². The van der Waals surface area contributed by atoms with Crippen LogP contribution in [-0.4, -0.2) is 11.4 Å². The van der Waals surface area contributed by atoms with Gasteiger partial charge < -0.3 is 5.73 Å². The van der Waals surface area contributed by atoms with Crippen LogP contribution in [0.4, 0.5) is 4.39 Å². The van der Waals surface area contributed by atoms with Crippen molar-refractivity contribution in [3.8, 4) is 0 Å². The lowest BCUT2D eigenvalue weighted by Gasteiger charge is -2.13. The van der Waals surface area contributed by atoms with Crippen LogP contribution in [0.5, 0.6) is 0 Å². The van der Waals surface area contributed by atoms with Gasteiger partial charge in [-0.1, -0.05) is 11.6 Å². The highest BCUT2D eigenvalue weighted by Gasteiger charge is 2.10. The Morgan fingerprint density at radius 3 is 2.47 bits per heavy atom. The van der Waals surface area contributed by atoms with Crippen LogP contribution in [-0.2, 0) is 0 Å². The van der Waals surface area contributed by atoms with E-state index in [4.69, 9.17) is 17.3 Å². The molecule has 82 valence electrons. The number of hydrogen-bond acceptors (Lipinski definition) is 1. The van der Waals surface area contributed by atoms with Gasteiger partial charge in [-0.3, -0.25) is 4.99 Å². The van der Waals surface area contributed by atoms with Crippen LogP contribution in [0.25, 0.3) is 0 Å². The molecule has 0 saturated carbocycles. The van der Waals surface area contributed by atoms with Crippen molar-refractivity contribution in [2.24, 2.45) is 10.7 Å². The summed E-state index contributed by atoms with van der Waals surface area (Å²) in [7, 11) is 0. The van der Waals surface area contributed by atoms with Crippen LogP contribution in [0.2, 0.25) is 5.02 Å². The van der Waals surface area contributed by atoms with E-state index in [-0.39, 0.29) is 10.6 Å². The molecule has 2 N–H and O–H groups in total. The summed E-state index contributed by atoms with van der Waals surface area (Å²) in [6, 6.07) is 4.32. The molecule has 0 amide bonds. The van der Waals surface area contributed by atoms with Crippen molar-refractivity contribution in [2.75, 3.05) is 0 Å². The van der Waals surface area contributed by atoms with Gasteiger partial charge in [0.2, 0.25) is 0 Å². The molecule has 0 aromatic heterocycles. The largest absolute Gasteiger partial charge is 0.383 e. The van der Waals surface area contributed by atoms with E-state index >= 15 is 0 Å². The minimum absolute atomic E-state index is 0.0551. The molecule has 0 spiro atoms. The van der Waals surface area contributed by atoms with Gasteiger partial charge in [0.05, 0.1) is 10.6 Å². The van der Waals surface area contributed by atoms with Crippen LogP contribution in [0, 0.1) is 5.82 Å². The van der Waals surface area contributed by atoms with Gasteiger partial charge >= 0.3 is 0 Å². The minimum Gasteiger partial charge on any atom is -0.383 e. The molecule has 0 saturated heterocycles. The Labute approximate surface area is 94.0 Å². The number of nitrogens with zero attached hydrogens (tertiary/aromatic N) is 1. The summed E-state index contributed by atoms with van der Waals surface area (Å²) < 4.78 is 12.9. The van der Waals surface area contributed by atoms with Crippen LogP contribution >= 0.6 is 11.6 Å². The number of rotatable bonds is 1. The van der Waals surface area contributed by atoms with Crippen LogP contribution in [0.15, 0.2) is 23.2 Å². The molecule has 1 aromatic carbocycles. The molecule has 0 bridgehead atoms. The number of benzene rings is 1. The average molecular weight is 229 g/mol. The standard InChI is InChI=1S/C11H14ClFN2/c1-11(2,3)15-10(14)7-4-5-9(13)8(12)6-7/h4-6H,1-3H3,(H2,14,15). The molecule has 15 heavy (non-hydrogen) atoms. The molecular formula is C11H14ClFN2. The van der Waals surface area contributed by atoms with Crippen LogP contribution < -0.4 is 5.73 Å². The number of nitrogens with two attached hydrogens (primary N) is 1. The van der Waals surface area contributed by atoms with E-state index in [0.717, 1.165) is 0 Å². The van der Waals surface area contributed by atoms with Crippen LogP contribution in [0.3, 0.4) is 0 Å². The first kappa shape index (κ1) is 12.0. The highest BCUT2D eigenvalue weighted by atomic mass is 35.5. The van der Waals surface area contributed by atoms with E-state index in [1.165, 1.54) is 12.1 Å². The first-order valence-electron chi connectivity index (χ1n) is 4.60. The Kier molecular flexibility index (Phi) is 3.35. The lowest BCUT2D eigenvalue weighted by molar-refractivity contribution is 0.583. The predicted octanol–water partition coefficient (Wildman–Crippen LogP) is 2.98. The molecule has 0 unspecified atom stereocenters. The van der Waals surface area contributed by atoms with E-state index in [9.17, 15) is 4.39 Å². The summed E-state index contributed by atoms with van der Waals surface area (Å²) in [4.78, 5) is 4.26. The molecule has 0 fully saturated rings. The summed E-state index contributed by atoms with van der Waals surface area (Å²) in [5.41, 5.74) is 6.15. The van der Waals surface area contributed by atoms with Crippen molar-refractivity contribution >= 4 is 17.4 Å². The quantitative estimate of drug-likeness (QED) is 0.583. The maximum Gasteiger partial charge on any atom is 0.141 e. The SMILES string of the molecule is CC(C)(C)N=C(N)c1ccc(F)c(Cl)c1. The Morgan fingerprint density at radius 2 is 2.00 bits per heavy atom. The number of amidine groups is 1. The fourth-order valence-electron chi connectivity index (χ4n) is 1.08. The van der Waals surface area contributed by atoms with Gasteiger partial charge in [0, 0.05) is 5.56 Å². The molecule has 4 heteroatoms. The fraction of sp³-hybridized carbons (Fsp3) is 0.364. The molecule has 0 radical (unpaired) electrons. The van der Waals surface area contributed by atoms with Crippen molar-refractivity contribution < 1.29 is 4.39 Å². The van der Waals surface area contributed by atoms with E-state index in [2.05, 4.69) is 4.99 Å². The molecule has 0 aliphatic rings. The Hall–Kier alpha value is -1.09. The number of halogens is 2. The number of hydrogen-bond donors (Lipinski definition) is 1. The zero-order chi connectivity index (χ0) is 11.6. The van der Waals surface area contributed by atoms with Gasteiger partial charge in [0.15, 0.2) is 0 Å². The summed E-state index contributed by atoms with van der Waals surface area (Å²) in [6.45, 7) is 5.81. The molecule has 1 aromatic rings. The maximum absolute atomic E-state index is 12.9. The van der Waals surface area contributed by atoms with Gasteiger partial charge in [-0.05, 0) is 39.0 Å². The molecule has 0 aliphatic heterocycles. The van der Waals surface area contributed by atoms with E-state index in [0.29, 0.717) is 11.4 Å². The molecule has 0 atom stereocenters. The zero-order valence-electron chi connectivity index (χ0n) is 9.01. The predicted molar refractivity (Wildman–Crippen MR) is 61.9 cm³/mol. The summed E-state index contributed by atoms with van der Waals surface area (Å²) in [5, 5.41) is 0.0551. The highest BCUT2D eigenvalue weighted by molar-refractivity contribution is 6.31. The first-order valence-corrected chi connectivity index (χ1v) is 4.98. The summed E-state index contributed by atoms with van der Waals surface area (Å²) >= 11 is 5.64. The molecular weight excluding hydrogens is 215 g/mol. The highest BCUT2D eigenvalue weighted by Crippen LogP contribution is 2.17. The van der Waals surface area contributed by atoms with Gasteiger partial charge in [-0.25, -0.2) is 4.39 Å². The second-order valence-corrected chi connectivity index (χ2v) is 4.70. The van der Waals surface area contributed by atoms with Crippen molar-refractivity contribution in [3.63, 3.8) is 0 Å². The molecule has 0 heterocycles. The smallest absolute Gasteiger partial charge is 0.141 e. The second-order valence-electron chi connectivity index (χ2n) is 4.30. The van der Waals surface area contributed by atoms with Crippen molar-refractivity contribution in [2.45, 2.75) is 26.3 Å². The van der Waals surface area contributed by atoms with E-state index in [1.54, 1.807) is 6.07 Å². The average Bonchev–Trinajstić information content (AvgIpc) is 2.06. The molecule has 0 aliphatic carbocycles. The van der Waals surface area contributed by atoms with E-state index < -0.39 is 5.82 Å². The fourth-order valence-corrected chi connectivity index (χ4v) is 1.26.